The van der Waals surface area contributed by atoms with Crippen molar-refractivity contribution in [2.75, 3.05) is 11.9 Å². The third-order valence-electron chi connectivity index (χ3n) is 4.87. The number of halogens is 1. The van der Waals surface area contributed by atoms with Crippen LogP contribution in [0.1, 0.15) is 52.3 Å². The van der Waals surface area contributed by atoms with Crippen LogP contribution in [0, 0.1) is 26.6 Å². The highest BCUT2D eigenvalue weighted by molar-refractivity contribution is 5.91. The van der Waals surface area contributed by atoms with Crippen LogP contribution >= 0.6 is 0 Å². The van der Waals surface area contributed by atoms with E-state index < -0.39 is 0 Å². The normalized spacial score (nSPS) is 11.1. The minimum atomic E-state index is -0.383. The van der Waals surface area contributed by atoms with Crippen LogP contribution in [0.15, 0.2) is 24.4 Å². The van der Waals surface area contributed by atoms with Crippen molar-refractivity contribution in [3.05, 3.63) is 63.9 Å². The van der Waals surface area contributed by atoms with Gasteiger partial charge in [0, 0.05) is 12.7 Å². The van der Waals surface area contributed by atoms with Crippen LogP contribution in [-0.4, -0.2) is 22.0 Å². The maximum Gasteiger partial charge on any atom is 0.357 e. The molecule has 0 saturated heterocycles. The van der Waals surface area contributed by atoms with Crippen molar-refractivity contribution in [1.29, 1.82) is 0 Å². The topological polar surface area (TPSA) is 55.6 Å². The first-order chi connectivity index (χ1) is 13.3. The molecule has 148 valence electrons. The van der Waals surface area contributed by atoms with Gasteiger partial charge >= 0.3 is 5.97 Å². The minimum absolute atomic E-state index is 0.209. The molecule has 0 aliphatic rings. The number of nitrogens with zero attached hydrogens (tertiary/aromatic N) is 2. The van der Waals surface area contributed by atoms with Gasteiger partial charge in [-0.25, -0.2) is 14.2 Å². The van der Waals surface area contributed by atoms with Crippen molar-refractivity contribution in [2.45, 2.75) is 47.6 Å². The van der Waals surface area contributed by atoms with Gasteiger partial charge in [0.05, 0.1) is 18.0 Å². The molecule has 2 heterocycles. The summed E-state index contributed by atoms with van der Waals surface area (Å²) < 4.78 is 20.7. The second kappa shape index (κ2) is 8.00. The van der Waals surface area contributed by atoms with Crippen LogP contribution in [0.2, 0.25) is 0 Å². The van der Waals surface area contributed by atoms with Gasteiger partial charge in [-0.2, -0.15) is 0 Å². The smallest absolute Gasteiger partial charge is 0.357 e. The van der Waals surface area contributed by atoms with Crippen molar-refractivity contribution in [3.63, 3.8) is 0 Å². The number of aryl methyl sites for hydroxylation is 4. The molecule has 0 aliphatic carbocycles. The van der Waals surface area contributed by atoms with Crippen LogP contribution in [0.25, 0.3) is 5.65 Å². The molecule has 0 atom stereocenters. The molecule has 0 unspecified atom stereocenters. The van der Waals surface area contributed by atoms with Gasteiger partial charge < -0.3 is 10.1 Å². The maximum atomic E-state index is 13.7. The van der Waals surface area contributed by atoms with Gasteiger partial charge in [0.2, 0.25) is 0 Å². The molecule has 28 heavy (non-hydrogen) atoms. The lowest BCUT2D eigenvalue weighted by atomic mass is 9.99. The van der Waals surface area contributed by atoms with Crippen LogP contribution in [-0.2, 0) is 17.7 Å². The molecule has 0 amide bonds. The summed E-state index contributed by atoms with van der Waals surface area (Å²) in [4.78, 5) is 17.0. The number of imidazole rings is 1. The number of pyridine rings is 1. The molecule has 0 bridgehead atoms. The number of carbonyl (C=O) groups excluding carboxylic acids is 1. The molecule has 5 nitrogen and oxygen atoms in total. The molecule has 0 fully saturated rings. The highest BCUT2D eigenvalue weighted by Crippen LogP contribution is 2.25. The fourth-order valence-electron chi connectivity index (χ4n) is 3.56. The number of hydrogen-bond donors (Lipinski definition) is 1. The van der Waals surface area contributed by atoms with E-state index in [1.54, 1.807) is 30.4 Å². The highest BCUT2D eigenvalue weighted by Gasteiger charge is 2.20. The second-order valence-electron chi connectivity index (χ2n) is 6.96. The van der Waals surface area contributed by atoms with E-state index in [2.05, 4.69) is 10.3 Å². The summed E-state index contributed by atoms with van der Waals surface area (Å²) in [7, 11) is 0. The molecule has 0 saturated carbocycles. The Morgan fingerprint density at radius 3 is 2.64 bits per heavy atom. The Bertz CT molecular complexity index is 1040. The first-order valence-corrected chi connectivity index (χ1v) is 9.53. The summed E-state index contributed by atoms with van der Waals surface area (Å²) in [6, 6.07) is 5.15. The number of rotatable bonds is 6. The number of fused-ring (bicyclic) bond motifs is 1. The van der Waals surface area contributed by atoms with Crippen LogP contribution < -0.4 is 5.32 Å². The third-order valence-corrected chi connectivity index (χ3v) is 4.87. The molecular weight excluding hydrogens is 357 g/mol. The molecule has 3 aromatic rings. The van der Waals surface area contributed by atoms with Crippen LogP contribution in [0.3, 0.4) is 0 Å². The second-order valence-corrected chi connectivity index (χ2v) is 6.96. The van der Waals surface area contributed by atoms with Gasteiger partial charge in [0.1, 0.15) is 5.82 Å². The van der Waals surface area contributed by atoms with Crippen molar-refractivity contribution in [3.8, 4) is 0 Å². The van der Waals surface area contributed by atoms with E-state index in [1.165, 1.54) is 0 Å². The van der Waals surface area contributed by atoms with Gasteiger partial charge in [-0.1, -0.05) is 6.92 Å². The number of carbonyl (C=O) groups is 1. The molecule has 3 rings (SSSR count). The summed E-state index contributed by atoms with van der Waals surface area (Å²) in [5.41, 5.74) is 6.53. The average molecular weight is 383 g/mol. The molecular formula is C22H26FN3O2. The van der Waals surface area contributed by atoms with E-state index >= 15 is 0 Å². The van der Waals surface area contributed by atoms with E-state index in [0.717, 1.165) is 34.4 Å². The summed E-state index contributed by atoms with van der Waals surface area (Å²) in [6.07, 6.45) is 2.64. The SMILES string of the molecule is CCOC(=O)c1c(C)nc2c(NCc3c(C)cc(F)cc3CC)cc(C)cn12. The first kappa shape index (κ1) is 19.9. The number of nitrogens with one attached hydrogen (secondary N) is 1. The van der Waals surface area contributed by atoms with Crippen molar-refractivity contribution < 1.29 is 13.9 Å². The minimum Gasteiger partial charge on any atom is -0.461 e. The number of aromatic nitrogens is 2. The van der Waals surface area contributed by atoms with E-state index in [1.807, 2.05) is 33.0 Å². The quantitative estimate of drug-likeness (QED) is 0.624. The van der Waals surface area contributed by atoms with E-state index in [-0.39, 0.29) is 11.8 Å². The third kappa shape index (κ3) is 3.72. The predicted molar refractivity (Wildman–Crippen MR) is 108 cm³/mol. The van der Waals surface area contributed by atoms with Crippen LogP contribution in [0.4, 0.5) is 10.1 Å². The number of ether oxygens (including phenoxy) is 1. The van der Waals surface area contributed by atoms with E-state index in [4.69, 9.17) is 4.74 Å². The van der Waals surface area contributed by atoms with Gasteiger partial charge in [-0.15, -0.1) is 0 Å². The molecule has 1 aromatic carbocycles. The fraction of sp³-hybridized carbons (Fsp3) is 0.364. The van der Waals surface area contributed by atoms with Gasteiger partial charge in [-0.05, 0) is 74.6 Å². The standard InChI is InChI=1S/C22H26FN3O2/c1-6-16-10-17(23)9-14(4)18(16)11-24-19-8-13(3)12-26-20(22(27)28-7-2)15(5)25-21(19)26/h8-10,12,24H,6-7,11H2,1-5H3. The molecule has 6 heteroatoms. The lowest BCUT2D eigenvalue weighted by molar-refractivity contribution is 0.0517. The Hall–Kier alpha value is -2.89. The van der Waals surface area contributed by atoms with E-state index in [0.29, 0.717) is 30.2 Å². The zero-order valence-electron chi connectivity index (χ0n) is 17.0. The first-order valence-electron chi connectivity index (χ1n) is 9.53. The van der Waals surface area contributed by atoms with Gasteiger partial charge in [-0.3, -0.25) is 4.40 Å². The molecule has 0 radical (unpaired) electrons. The summed E-state index contributed by atoms with van der Waals surface area (Å²) in [5, 5.41) is 3.43. The maximum absolute atomic E-state index is 13.7. The molecule has 2 aromatic heterocycles. The number of hydrogen-bond acceptors (Lipinski definition) is 4. The predicted octanol–water partition coefficient (Wildman–Crippen LogP) is 4.75. The largest absolute Gasteiger partial charge is 0.461 e. The molecule has 0 aliphatic heterocycles. The Labute approximate surface area is 164 Å². The van der Waals surface area contributed by atoms with Crippen molar-refractivity contribution in [1.82, 2.24) is 9.38 Å². The summed E-state index contributed by atoms with van der Waals surface area (Å²) in [5.74, 6) is -0.592. The van der Waals surface area contributed by atoms with E-state index in [9.17, 15) is 9.18 Å². The zero-order valence-corrected chi connectivity index (χ0v) is 17.0. The summed E-state index contributed by atoms with van der Waals surface area (Å²) in [6.45, 7) is 10.4. The van der Waals surface area contributed by atoms with Crippen LogP contribution in [0.5, 0.6) is 0 Å². The molecule has 0 spiro atoms. The van der Waals surface area contributed by atoms with Crippen molar-refractivity contribution >= 4 is 17.3 Å². The van der Waals surface area contributed by atoms with Gasteiger partial charge in [0.15, 0.2) is 11.3 Å². The zero-order chi connectivity index (χ0) is 20.4. The fourth-order valence-corrected chi connectivity index (χ4v) is 3.56. The van der Waals surface area contributed by atoms with Gasteiger partial charge in [0.25, 0.3) is 0 Å². The number of esters is 1. The lowest BCUT2D eigenvalue weighted by Crippen LogP contribution is -2.11. The Morgan fingerprint density at radius 2 is 1.96 bits per heavy atom. The Balaban J connectivity index is 2.01. The van der Waals surface area contributed by atoms with Crippen molar-refractivity contribution in [2.24, 2.45) is 0 Å². The molecule has 1 N–H and O–H groups in total. The Kier molecular flexibility index (Phi) is 5.68. The highest BCUT2D eigenvalue weighted by atomic mass is 19.1. The summed E-state index contributed by atoms with van der Waals surface area (Å²) >= 11 is 0. The monoisotopic (exact) mass is 383 g/mol. The lowest BCUT2D eigenvalue weighted by Gasteiger charge is -2.15. The number of benzene rings is 1. The average Bonchev–Trinajstić information content (AvgIpc) is 2.96. The Morgan fingerprint density at radius 1 is 1.21 bits per heavy atom. The number of anilines is 1.